The number of piperidine rings is 1. The van der Waals surface area contributed by atoms with Crippen molar-refractivity contribution in [1.82, 2.24) is 4.90 Å². The van der Waals surface area contributed by atoms with Crippen LogP contribution in [-0.2, 0) is 0 Å². The molecule has 7 heteroatoms. The van der Waals surface area contributed by atoms with E-state index in [2.05, 4.69) is 5.32 Å². The van der Waals surface area contributed by atoms with Crippen LogP contribution in [0.15, 0.2) is 18.2 Å². The molecule has 0 aromatic heterocycles. The van der Waals surface area contributed by atoms with Crippen molar-refractivity contribution < 1.29 is 23.1 Å². The van der Waals surface area contributed by atoms with Crippen molar-refractivity contribution in [3.63, 3.8) is 0 Å². The molecule has 1 saturated heterocycles. The lowest BCUT2D eigenvalue weighted by molar-refractivity contribution is -0.271. The number of aliphatic hydroxyl groups is 1. The summed E-state index contributed by atoms with van der Waals surface area (Å²) in [7, 11) is 0. The number of nitrogens with one attached hydrogen (secondary N) is 1. The van der Waals surface area contributed by atoms with Crippen LogP contribution in [-0.4, -0.2) is 40.9 Å². The molecule has 22 heavy (non-hydrogen) atoms. The summed E-state index contributed by atoms with van der Waals surface area (Å²) in [6.45, 7) is 3.43. The zero-order valence-corrected chi connectivity index (χ0v) is 12.5. The van der Waals surface area contributed by atoms with E-state index in [-0.39, 0.29) is 13.1 Å². The van der Waals surface area contributed by atoms with Gasteiger partial charge in [-0.05, 0) is 25.0 Å². The number of halogens is 3. The smallest absolute Gasteiger partial charge is 0.380 e. The number of anilines is 1. The second-order valence-electron chi connectivity index (χ2n) is 5.71. The van der Waals surface area contributed by atoms with Crippen LogP contribution in [0.3, 0.4) is 0 Å². The zero-order chi connectivity index (χ0) is 16.5. The third kappa shape index (κ3) is 3.19. The number of alkyl halides is 3. The van der Waals surface area contributed by atoms with Gasteiger partial charge in [-0.2, -0.15) is 13.2 Å². The molecule has 1 fully saturated rings. The van der Waals surface area contributed by atoms with E-state index in [0.29, 0.717) is 5.69 Å². The summed E-state index contributed by atoms with van der Waals surface area (Å²) >= 11 is 0. The normalized spacial score (nSPS) is 18.2. The third-order valence-corrected chi connectivity index (χ3v) is 4.12. The number of benzene rings is 1. The van der Waals surface area contributed by atoms with E-state index in [1.165, 1.54) is 4.90 Å². The van der Waals surface area contributed by atoms with Gasteiger partial charge in [0.25, 0.3) is 0 Å². The van der Waals surface area contributed by atoms with Crippen LogP contribution in [0.2, 0.25) is 0 Å². The Morgan fingerprint density at radius 2 is 1.73 bits per heavy atom. The number of hydrogen-bond donors (Lipinski definition) is 2. The number of urea groups is 1. The highest BCUT2D eigenvalue weighted by Crippen LogP contribution is 2.38. The molecular formula is C15H19F3N2O2. The van der Waals surface area contributed by atoms with Gasteiger partial charge in [0.05, 0.1) is 0 Å². The Labute approximate surface area is 126 Å². The predicted octanol–water partition coefficient (Wildman–Crippen LogP) is 3.22. The number of hydrogen-bond acceptors (Lipinski definition) is 2. The molecule has 0 unspecified atom stereocenters. The number of aryl methyl sites for hydroxylation is 2. The first-order valence-corrected chi connectivity index (χ1v) is 7.05. The van der Waals surface area contributed by atoms with Gasteiger partial charge in [-0.25, -0.2) is 4.79 Å². The molecule has 4 nitrogen and oxygen atoms in total. The van der Waals surface area contributed by atoms with E-state index in [1.807, 2.05) is 32.0 Å². The number of carbonyl (C=O) groups is 1. The predicted molar refractivity (Wildman–Crippen MR) is 76.7 cm³/mol. The molecular weight excluding hydrogens is 297 g/mol. The summed E-state index contributed by atoms with van der Waals surface area (Å²) < 4.78 is 38.2. The molecule has 0 radical (unpaired) electrons. The maximum Gasteiger partial charge on any atom is 0.417 e. The Kier molecular flexibility index (Phi) is 4.37. The number of carbonyl (C=O) groups excluding carboxylic acids is 1. The Morgan fingerprint density at radius 3 is 2.18 bits per heavy atom. The van der Waals surface area contributed by atoms with Crippen LogP contribution in [0.25, 0.3) is 0 Å². The maximum atomic E-state index is 12.7. The quantitative estimate of drug-likeness (QED) is 0.836. The largest absolute Gasteiger partial charge is 0.417 e. The van der Waals surface area contributed by atoms with Crippen LogP contribution < -0.4 is 5.32 Å². The average Bonchev–Trinajstić information content (AvgIpc) is 2.42. The Balaban J connectivity index is 2.02. The molecule has 2 N–H and O–H groups in total. The summed E-state index contributed by atoms with van der Waals surface area (Å²) in [6, 6.07) is 5.12. The maximum absolute atomic E-state index is 12.7. The monoisotopic (exact) mass is 316 g/mol. The van der Waals surface area contributed by atoms with Crippen molar-refractivity contribution in [2.75, 3.05) is 18.4 Å². The Hall–Kier alpha value is -1.76. The van der Waals surface area contributed by atoms with E-state index in [0.717, 1.165) is 11.1 Å². The van der Waals surface area contributed by atoms with E-state index in [1.54, 1.807) is 0 Å². The van der Waals surface area contributed by atoms with Gasteiger partial charge >= 0.3 is 12.2 Å². The second kappa shape index (κ2) is 5.79. The van der Waals surface area contributed by atoms with Gasteiger partial charge in [-0.3, -0.25) is 0 Å². The summed E-state index contributed by atoms with van der Waals surface area (Å²) in [4.78, 5) is 13.5. The molecule has 0 aliphatic carbocycles. The number of para-hydroxylation sites is 1. The molecule has 1 aromatic carbocycles. The van der Waals surface area contributed by atoms with Crippen molar-refractivity contribution in [1.29, 1.82) is 0 Å². The Morgan fingerprint density at radius 1 is 1.23 bits per heavy atom. The fraction of sp³-hybridized carbons (Fsp3) is 0.533. The molecule has 1 aromatic rings. The van der Waals surface area contributed by atoms with E-state index >= 15 is 0 Å². The van der Waals surface area contributed by atoms with Crippen molar-refractivity contribution in [2.45, 2.75) is 38.5 Å². The fourth-order valence-electron chi connectivity index (χ4n) is 2.56. The summed E-state index contributed by atoms with van der Waals surface area (Å²) in [5.74, 6) is 0. The summed E-state index contributed by atoms with van der Waals surface area (Å²) in [5.41, 5.74) is -0.249. The second-order valence-corrected chi connectivity index (χ2v) is 5.71. The lowest BCUT2D eigenvalue weighted by Crippen LogP contribution is -2.55. The number of likely N-dealkylation sites (tertiary alicyclic amines) is 1. The first-order valence-electron chi connectivity index (χ1n) is 7.05. The van der Waals surface area contributed by atoms with Crippen LogP contribution in [0.1, 0.15) is 24.0 Å². The zero-order valence-electron chi connectivity index (χ0n) is 12.5. The lowest BCUT2D eigenvalue weighted by Gasteiger charge is -2.39. The first kappa shape index (κ1) is 16.6. The van der Waals surface area contributed by atoms with Crippen molar-refractivity contribution >= 4 is 11.7 Å². The van der Waals surface area contributed by atoms with Gasteiger partial charge in [0.1, 0.15) is 0 Å². The summed E-state index contributed by atoms with van der Waals surface area (Å²) in [5, 5.41) is 12.3. The topological polar surface area (TPSA) is 52.6 Å². The molecule has 1 aliphatic heterocycles. The highest BCUT2D eigenvalue weighted by molar-refractivity contribution is 5.91. The molecule has 0 spiro atoms. The molecule has 1 heterocycles. The highest BCUT2D eigenvalue weighted by atomic mass is 19.4. The molecule has 0 saturated carbocycles. The van der Waals surface area contributed by atoms with Gasteiger partial charge in [0.2, 0.25) is 0 Å². The van der Waals surface area contributed by atoms with Crippen LogP contribution in [0, 0.1) is 13.8 Å². The minimum atomic E-state index is -4.66. The molecule has 1 aliphatic rings. The van der Waals surface area contributed by atoms with Gasteiger partial charge in [0, 0.05) is 31.6 Å². The van der Waals surface area contributed by atoms with Crippen LogP contribution >= 0.6 is 0 Å². The van der Waals surface area contributed by atoms with Crippen LogP contribution in [0.5, 0.6) is 0 Å². The van der Waals surface area contributed by atoms with Gasteiger partial charge in [-0.15, -0.1) is 0 Å². The van der Waals surface area contributed by atoms with Crippen molar-refractivity contribution in [2.24, 2.45) is 0 Å². The standard InChI is InChI=1S/C15H19F3N2O2/c1-10-4-3-5-11(2)12(10)19-13(21)20-8-6-14(22,7-9-20)15(16,17)18/h3-5,22H,6-9H2,1-2H3,(H,19,21). The molecule has 0 bridgehead atoms. The molecule has 2 amide bonds. The molecule has 0 atom stereocenters. The minimum absolute atomic E-state index is 0.132. The van der Waals surface area contributed by atoms with Crippen molar-refractivity contribution in [3.05, 3.63) is 29.3 Å². The fourth-order valence-corrected chi connectivity index (χ4v) is 2.56. The highest BCUT2D eigenvalue weighted by Gasteiger charge is 2.54. The number of amides is 2. The number of nitrogens with zero attached hydrogens (tertiary/aromatic N) is 1. The molecule has 122 valence electrons. The SMILES string of the molecule is Cc1cccc(C)c1NC(=O)N1CCC(O)(C(F)(F)F)CC1. The average molecular weight is 316 g/mol. The van der Waals surface area contributed by atoms with Crippen LogP contribution in [0.4, 0.5) is 23.7 Å². The van der Waals surface area contributed by atoms with Gasteiger partial charge in [0.15, 0.2) is 5.60 Å². The first-order chi connectivity index (χ1) is 10.1. The Bertz CT molecular complexity index is 544. The summed E-state index contributed by atoms with van der Waals surface area (Å²) in [6.07, 6.45) is -5.67. The van der Waals surface area contributed by atoms with E-state index in [9.17, 15) is 23.1 Å². The third-order valence-electron chi connectivity index (χ3n) is 4.12. The number of rotatable bonds is 1. The van der Waals surface area contributed by atoms with Gasteiger partial charge < -0.3 is 15.3 Å². The van der Waals surface area contributed by atoms with E-state index in [4.69, 9.17) is 0 Å². The lowest BCUT2D eigenvalue weighted by atomic mass is 9.91. The van der Waals surface area contributed by atoms with Gasteiger partial charge in [-0.1, -0.05) is 18.2 Å². The van der Waals surface area contributed by atoms with Crippen molar-refractivity contribution in [3.8, 4) is 0 Å². The molecule has 2 rings (SSSR count). The minimum Gasteiger partial charge on any atom is -0.380 e. The van der Waals surface area contributed by atoms with E-state index < -0.39 is 30.7 Å².